The van der Waals surface area contributed by atoms with Crippen LogP contribution in [0, 0.1) is 0 Å². The molecule has 0 amide bonds. The molecular weight excluding hydrogens is 233 g/mol. The van der Waals surface area contributed by atoms with Crippen LogP contribution in [0.3, 0.4) is 0 Å². The van der Waals surface area contributed by atoms with Gasteiger partial charge in [0.25, 0.3) is 0 Å². The molecule has 1 saturated carbocycles. The SMILES string of the molecule is CC(F)c1cc2c(cc1C1(N)CC1)OCCCO2. The Kier molecular flexibility index (Phi) is 2.70. The number of hydrogen-bond acceptors (Lipinski definition) is 3. The van der Waals surface area contributed by atoms with Crippen molar-refractivity contribution in [2.24, 2.45) is 5.73 Å². The van der Waals surface area contributed by atoms with Gasteiger partial charge in [-0.3, -0.25) is 0 Å². The molecule has 0 saturated heterocycles. The van der Waals surface area contributed by atoms with Crippen molar-refractivity contribution < 1.29 is 13.9 Å². The largest absolute Gasteiger partial charge is 0.490 e. The molecule has 1 atom stereocenters. The summed E-state index contributed by atoms with van der Waals surface area (Å²) in [6.45, 7) is 2.78. The Labute approximate surface area is 106 Å². The molecule has 3 rings (SSSR count). The molecule has 1 fully saturated rings. The maximum Gasteiger partial charge on any atom is 0.161 e. The molecule has 3 nitrogen and oxygen atoms in total. The van der Waals surface area contributed by atoms with E-state index in [1.54, 1.807) is 6.07 Å². The number of alkyl halides is 1. The first-order chi connectivity index (χ1) is 8.60. The van der Waals surface area contributed by atoms with Gasteiger partial charge in [0.1, 0.15) is 6.17 Å². The fourth-order valence-corrected chi connectivity index (χ4v) is 2.39. The van der Waals surface area contributed by atoms with Crippen molar-refractivity contribution in [2.75, 3.05) is 13.2 Å². The molecule has 0 bridgehead atoms. The molecule has 1 aromatic rings. The Morgan fingerprint density at radius 3 is 2.39 bits per heavy atom. The highest BCUT2D eigenvalue weighted by Crippen LogP contribution is 2.49. The molecule has 1 aliphatic heterocycles. The molecule has 2 N–H and O–H groups in total. The van der Waals surface area contributed by atoms with Gasteiger partial charge in [0, 0.05) is 12.0 Å². The van der Waals surface area contributed by atoms with Crippen molar-refractivity contribution >= 4 is 0 Å². The summed E-state index contributed by atoms with van der Waals surface area (Å²) in [5.74, 6) is 1.34. The third-order valence-electron chi connectivity index (χ3n) is 3.67. The molecule has 0 radical (unpaired) electrons. The third-order valence-corrected chi connectivity index (χ3v) is 3.67. The second-order valence-corrected chi connectivity index (χ2v) is 5.21. The van der Waals surface area contributed by atoms with Crippen LogP contribution in [0.4, 0.5) is 4.39 Å². The number of halogens is 1. The second-order valence-electron chi connectivity index (χ2n) is 5.21. The molecule has 98 valence electrons. The summed E-state index contributed by atoms with van der Waals surface area (Å²) >= 11 is 0. The van der Waals surface area contributed by atoms with E-state index < -0.39 is 6.17 Å². The van der Waals surface area contributed by atoms with Crippen molar-refractivity contribution in [1.82, 2.24) is 0 Å². The van der Waals surface area contributed by atoms with Gasteiger partial charge in [-0.05, 0) is 43.0 Å². The minimum atomic E-state index is -1.04. The quantitative estimate of drug-likeness (QED) is 0.879. The first kappa shape index (κ1) is 11.8. The lowest BCUT2D eigenvalue weighted by Crippen LogP contribution is -2.21. The summed E-state index contributed by atoms with van der Waals surface area (Å²) in [4.78, 5) is 0. The summed E-state index contributed by atoms with van der Waals surface area (Å²) in [6, 6.07) is 3.63. The Morgan fingerprint density at radius 1 is 1.22 bits per heavy atom. The minimum Gasteiger partial charge on any atom is -0.490 e. The Balaban J connectivity index is 2.09. The van der Waals surface area contributed by atoms with Gasteiger partial charge in [0.05, 0.1) is 13.2 Å². The van der Waals surface area contributed by atoms with Gasteiger partial charge < -0.3 is 15.2 Å². The van der Waals surface area contributed by atoms with Crippen LogP contribution in [-0.4, -0.2) is 13.2 Å². The molecular formula is C14H18FNO2. The monoisotopic (exact) mass is 251 g/mol. The minimum absolute atomic E-state index is 0.361. The Morgan fingerprint density at radius 2 is 1.83 bits per heavy atom. The molecule has 2 aliphatic rings. The molecule has 1 aromatic carbocycles. The average molecular weight is 251 g/mol. The van der Waals surface area contributed by atoms with Crippen LogP contribution in [0.25, 0.3) is 0 Å². The molecule has 1 aliphatic carbocycles. The molecule has 4 heteroatoms. The summed E-state index contributed by atoms with van der Waals surface area (Å²) in [6.07, 6.45) is 1.62. The standard InChI is InChI=1S/C14H18FNO2/c1-9(15)10-7-12-13(18-6-2-5-17-12)8-11(10)14(16)3-4-14/h7-9H,2-6,16H2,1H3. The first-order valence-electron chi connectivity index (χ1n) is 6.47. The number of fused-ring (bicyclic) bond motifs is 1. The van der Waals surface area contributed by atoms with Gasteiger partial charge in [-0.2, -0.15) is 0 Å². The maximum atomic E-state index is 13.8. The van der Waals surface area contributed by atoms with E-state index in [0.29, 0.717) is 30.3 Å². The molecule has 1 unspecified atom stereocenters. The lowest BCUT2D eigenvalue weighted by Gasteiger charge is -2.19. The van der Waals surface area contributed by atoms with Crippen LogP contribution in [-0.2, 0) is 5.54 Å². The van der Waals surface area contributed by atoms with Crippen molar-refractivity contribution in [3.8, 4) is 11.5 Å². The van der Waals surface area contributed by atoms with Gasteiger partial charge >= 0.3 is 0 Å². The van der Waals surface area contributed by atoms with Crippen LogP contribution in [0.2, 0.25) is 0 Å². The van der Waals surface area contributed by atoms with E-state index in [4.69, 9.17) is 15.2 Å². The van der Waals surface area contributed by atoms with E-state index in [1.807, 2.05) is 6.07 Å². The highest BCUT2D eigenvalue weighted by atomic mass is 19.1. The smallest absolute Gasteiger partial charge is 0.161 e. The summed E-state index contributed by atoms with van der Waals surface area (Å²) < 4.78 is 25.0. The zero-order chi connectivity index (χ0) is 12.8. The topological polar surface area (TPSA) is 44.5 Å². The molecule has 1 heterocycles. The van der Waals surface area contributed by atoms with Crippen LogP contribution < -0.4 is 15.2 Å². The number of ether oxygens (including phenoxy) is 2. The van der Waals surface area contributed by atoms with Gasteiger partial charge in [-0.15, -0.1) is 0 Å². The van der Waals surface area contributed by atoms with Gasteiger partial charge in [-0.25, -0.2) is 4.39 Å². The highest BCUT2D eigenvalue weighted by molar-refractivity contribution is 5.52. The zero-order valence-corrected chi connectivity index (χ0v) is 10.5. The van der Waals surface area contributed by atoms with Crippen LogP contribution in [0.1, 0.15) is 43.5 Å². The van der Waals surface area contributed by atoms with Crippen molar-refractivity contribution in [2.45, 2.75) is 37.9 Å². The average Bonchev–Trinajstić information content (AvgIpc) is 3.11. The predicted octanol–water partition coefficient (Wildman–Crippen LogP) is 2.83. The number of hydrogen-bond donors (Lipinski definition) is 1. The van der Waals surface area contributed by atoms with Crippen LogP contribution >= 0.6 is 0 Å². The van der Waals surface area contributed by atoms with Crippen LogP contribution in [0.5, 0.6) is 11.5 Å². The number of nitrogens with two attached hydrogens (primary N) is 1. The van der Waals surface area contributed by atoms with Crippen molar-refractivity contribution in [3.05, 3.63) is 23.3 Å². The Bertz CT molecular complexity index is 469. The van der Waals surface area contributed by atoms with Crippen molar-refractivity contribution in [3.63, 3.8) is 0 Å². The van der Waals surface area contributed by atoms with E-state index in [1.165, 1.54) is 6.92 Å². The Hall–Kier alpha value is -1.29. The lowest BCUT2D eigenvalue weighted by molar-refractivity contribution is 0.296. The third kappa shape index (κ3) is 1.94. The normalized spacial score (nSPS) is 22.2. The van der Waals surface area contributed by atoms with Crippen molar-refractivity contribution in [1.29, 1.82) is 0 Å². The van der Waals surface area contributed by atoms with Crippen LogP contribution in [0.15, 0.2) is 12.1 Å². The van der Waals surface area contributed by atoms with E-state index in [-0.39, 0.29) is 5.54 Å². The lowest BCUT2D eigenvalue weighted by atomic mass is 9.95. The number of benzene rings is 1. The fourth-order valence-electron chi connectivity index (χ4n) is 2.39. The van der Waals surface area contributed by atoms with Gasteiger partial charge in [-0.1, -0.05) is 0 Å². The first-order valence-corrected chi connectivity index (χ1v) is 6.47. The fraction of sp³-hybridized carbons (Fsp3) is 0.571. The van der Waals surface area contributed by atoms with Gasteiger partial charge in [0.15, 0.2) is 11.5 Å². The maximum absolute atomic E-state index is 13.8. The van der Waals surface area contributed by atoms with E-state index >= 15 is 0 Å². The highest BCUT2D eigenvalue weighted by Gasteiger charge is 2.43. The van der Waals surface area contributed by atoms with E-state index in [9.17, 15) is 4.39 Å². The number of rotatable bonds is 2. The molecule has 18 heavy (non-hydrogen) atoms. The second kappa shape index (κ2) is 4.12. The van der Waals surface area contributed by atoms with E-state index in [2.05, 4.69) is 0 Å². The zero-order valence-electron chi connectivity index (χ0n) is 10.5. The summed E-state index contributed by atoms with van der Waals surface area (Å²) in [5, 5.41) is 0. The molecule has 0 spiro atoms. The molecule has 0 aromatic heterocycles. The van der Waals surface area contributed by atoms with E-state index in [0.717, 1.165) is 24.8 Å². The predicted molar refractivity (Wildman–Crippen MR) is 66.7 cm³/mol. The summed E-state index contributed by atoms with van der Waals surface area (Å²) in [7, 11) is 0. The van der Waals surface area contributed by atoms with Gasteiger partial charge in [0.2, 0.25) is 0 Å². The summed E-state index contributed by atoms with van der Waals surface area (Å²) in [5.41, 5.74) is 7.37.